The Morgan fingerprint density at radius 2 is 1.67 bits per heavy atom. The van der Waals surface area contributed by atoms with Crippen LogP contribution in [0.5, 0.6) is 0 Å². The van der Waals surface area contributed by atoms with Crippen LogP contribution in [0.25, 0.3) is 0 Å². The van der Waals surface area contributed by atoms with Gasteiger partial charge in [-0.15, -0.1) is 0 Å². The fraction of sp³-hybridized carbons (Fsp3) is 0.300. The zero-order valence-corrected chi connectivity index (χ0v) is 16.7. The van der Waals surface area contributed by atoms with E-state index in [0.717, 1.165) is 0 Å². The number of rotatable bonds is 6. The maximum atomic E-state index is 13.8. The van der Waals surface area contributed by atoms with Crippen LogP contribution in [0.15, 0.2) is 42.5 Å². The Morgan fingerprint density at radius 3 is 2.26 bits per heavy atom. The molecule has 144 valence electrons. The molecule has 0 heterocycles. The Hall–Kier alpha value is -2.11. The first-order valence-corrected chi connectivity index (χ1v) is 9.27. The lowest BCUT2D eigenvalue weighted by Crippen LogP contribution is -2.50. The van der Waals surface area contributed by atoms with Gasteiger partial charge >= 0.3 is 0 Å². The summed E-state index contributed by atoms with van der Waals surface area (Å²) in [6.07, 6.45) is 0. The average molecular weight is 411 g/mol. The predicted molar refractivity (Wildman–Crippen MR) is 106 cm³/mol. The van der Waals surface area contributed by atoms with Gasteiger partial charge in [-0.05, 0) is 42.7 Å². The van der Waals surface area contributed by atoms with Crippen LogP contribution in [-0.2, 0) is 4.79 Å². The van der Waals surface area contributed by atoms with E-state index < -0.39 is 23.8 Å². The second-order valence-corrected chi connectivity index (χ2v) is 7.41. The summed E-state index contributed by atoms with van der Waals surface area (Å²) in [6.45, 7) is 5.38. The van der Waals surface area contributed by atoms with Crippen molar-refractivity contribution >= 4 is 35.0 Å². The van der Waals surface area contributed by atoms with Crippen molar-refractivity contribution in [3.8, 4) is 0 Å². The van der Waals surface area contributed by atoms with E-state index in [-0.39, 0.29) is 17.4 Å². The van der Waals surface area contributed by atoms with Gasteiger partial charge in [0.25, 0.3) is 5.91 Å². The lowest BCUT2D eigenvalue weighted by molar-refractivity contribution is -0.124. The summed E-state index contributed by atoms with van der Waals surface area (Å²) in [5, 5.41) is 6.38. The van der Waals surface area contributed by atoms with Crippen molar-refractivity contribution in [2.75, 3.05) is 0 Å². The Bertz CT molecular complexity index is 842. The minimum absolute atomic E-state index is 0.107. The summed E-state index contributed by atoms with van der Waals surface area (Å²) in [6, 6.07) is 9.42. The van der Waals surface area contributed by atoms with Gasteiger partial charge in [0, 0.05) is 10.0 Å². The van der Waals surface area contributed by atoms with Crippen molar-refractivity contribution in [3.05, 3.63) is 69.5 Å². The maximum Gasteiger partial charge on any atom is 0.254 e. The van der Waals surface area contributed by atoms with Crippen LogP contribution in [0.2, 0.25) is 10.0 Å². The van der Waals surface area contributed by atoms with Crippen LogP contribution in [0.4, 0.5) is 4.39 Å². The predicted octanol–water partition coefficient (Wildman–Crippen LogP) is 4.76. The molecule has 2 rings (SSSR count). The molecular weight excluding hydrogens is 390 g/mol. The van der Waals surface area contributed by atoms with Crippen molar-refractivity contribution in [1.29, 1.82) is 0 Å². The third kappa shape index (κ3) is 5.44. The van der Waals surface area contributed by atoms with E-state index in [1.807, 2.05) is 0 Å². The normalized spacial score (nSPS) is 13.1. The molecule has 2 atom stereocenters. The highest BCUT2D eigenvalue weighted by molar-refractivity contribution is 6.35. The smallest absolute Gasteiger partial charge is 0.254 e. The first-order valence-electron chi connectivity index (χ1n) is 8.51. The molecule has 2 aromatic rings. The summed E-state index contributed by atoms with van der Waals surface area (Å²) < 4.78 is 13.8. The monoisotopic (exact) mass is 410 g/mol. The maximum absolute atomic E-state index is 13.8. The van der Waals surface area contributed by atoms with Gasteiger partial charge in [-0.2, -0.15) is 0 Å². The van der Waals surface area contributed by atoms with Gasteiger partial charge in [0.15, 0.2) is 0 Å². The van der Waals surface area contributed by atoms with E-state index in [0.29, 0.717) is 15.6 Å². The Labute approximate surface area is 168 Å². The molecule has 0 spiro atoms. The van der Waals surface area contributed by atoms with Crippen molar-refractivity contribution in [2.24, 2.45) is 5.92 Å². The Kier molecular flexibility index (Phi) is 7.22. The average Bonchev–Trinajstić information content (AvgIpc) is 2.59. The SMILES string of the molecule is CC(C)[C@H](NC(=O)c1ccccc1F)C(=O)N[C@@H](C)c1ccc(Cl)cc1Cl. The molecule has 0 saturated heterocycles. The molecule has 0 radical (unpaired) electrons. The second-order valence-electron chi connectivity index (χ2n) is 6.57. The number of nitrogens with one attached hydrogen (secondary N) is 2. The summed E-state index contributed by atoms with van der Waals surface area (Å²) in [5.41, 5.74) is 0.599. The minimum atomic E-state index is -0.828. The fourth-order valence-corrected chi connectivity index (χ4v) is 3.21. The van der Waals surface area contributed by atoms with E-state index in [1.165, 1.54) is 18.2 Å². The molecule has 2 N–H and O–H groups in total. The highest BCUT2D eigenvalue weighted by Crippen LogP contribution is 2.26. The standard InChI is InChI=1S/C20H21Cl2FN2O2/c1-11(2)18(25-19(26)15-6-4-5-7-17(15)23)20(27)24-12(3)14-9-8-13(21)10-16(14)22/h4-12,18H,1-3H3,(H,24,27)(H,25,26)/t12-,18-/m0/s1. The van der Waals surface area contributed by atoms with Crippen LogP contribution >= 0.6 is 23.2 Å². The molecule has 0 aliphatic rings. The largest absolute Gasteiger partial charge is 0.348 e. The lowest BCUT2D eigenvalue weighted by atomic mass is 10.0. The van der Waals surface area contributed by atoms with Crippen molar-refractivity contribution in [3.63, 3.8) is 0 Å². The molecule has 2 aromatic carbocycles. The van der Waals surface area contributed by atoms with Gasteiger partial charge in [-0.3, -0.25) is 9.59 Å². The highest BCUT2D eigenvalue weighted by Gasteiger charge is 2.27. The first-order chi connectivity index (χ1) is 12.7. The van der Waals surface area contributed by atoms with Gasteiger partial charge in [0.05, 0.1) is 11.6 Å². The zero-order valence-electron chi connectivity index (χ0n) is 15.2. The topological polar surface area (TPSA) is 58.2 Å². The minimum Gasteiger partial charge on any atom is -0.348 e. The third-order valence-corrected chi connectivity index (χ3v) is 4.70. The molecule has 0 unspecified atom stereocenters. The molecule has 2 amide bonds. The summed E-state index contributed by atoms with van der Waals surface area (Å²) in [5.74, 6) is -1.86. The molecule has 0 aliphatic carbocycles. The Morgan fingerprint density at radius 1 is 1.00 bits per heavy atom. The van der Waals surface area contributed by atoms with E-state index >= 15 is 0 Å². The number of halogens is 3. The van der Waals surface area contributed by atoms with Crippen molar-refractivity contribution < 1.29 is 14.0 Å². The molecule has 7 heteroatoms. The van der Waals surface area contributed by atoms with Gasteiger partial charge < -0.3 is 10.6 Å². The van der Waals surface area contributed by atoms with Crippen molar-refractivity contribution in [1.82, 2.24) is 10.6 Å². The number of benzene rings is 2. The quantitative estimate of drug-likeness (QED) is 0.720. The van der Waals surface area contributed by atoms with Crippen LogP contribution in [0, 0.1) is 11.7 Å². The molecule has 0 aliphatic heterocycles. The van der Waals surface area contributed by atoms with Crippen molar-refractivity contribution in [2.45, 2.75) is 32.9 Å². The number of hydrogen-bond acceptors (Lipinski definition) is 2. The Balaban J connectivity index is 2.12. The summed E-state index contributed by atoms with van der Waals surface area (Å²) >= 11 is 12.1. The van der Waals surface area contributed by atoms with Crippen LogP contribution in [-0.4, -0.2) is 17.9 Å². The van der Waals surface area contributed by atoms with Crippen LogP contribution < -0.4 is 10.6 Å². The van der Waals surface area contributed by atoms with E-state index in [4.69, 9.17) is 23.2 Å². The zero-order chi connectivity index (χ0) is 20.1. The van der Waals surface area contributed by atoms with Gasteiger partial charge in [-0.1, -0.05) is 55.2 Å². The summed E-state index contributed by atoms with van der Waals surface area (Å²) in [4.78, 5) is 25.1. The number of carbonyl (C=O) groups is 2. The highest BCUT2D eigenvalue weighted by atomic mass is 35.5. The molecular formula is C20H21Cl2FN2O2. The van der Waals surface area contributed by atoms with E-state index in [2.05, 4.69) is 10.6 Å². The van der Waals surface area contributed by atoms with Gasteiger partial charge in [0.2, 0.25) is 5.91 Å². The third-order valence-electron chi connectivity index (χ3n) is 4.14. The lowest BCUT2D eigenvalue weighted by Gasteiger charge is -2.24. The molecule has 0 aromatic heterocycles. The van der Waals surface area contributed by atoms with E-state index in [1.54, 1.807) is 45.0 Å². The number of amides is 2. The molecule has 0 bridgehead atoms. The van der Waals surface area contributed by atoms with Gasteiger partial charge in [0.1, 0.15) is 11.9 Å². The van der Waals surface area contributed by atoms with Crippen LogP contribution in [0.3, 0.4) is 0 Å². The van der Waals surface area contributed by atoms with Gasteiger partial charge in [-0.25, -0.2) is 4.39 Å². The molecule has 0 saturated carbocycles. The molecule has 4 nitrogen and oxygen atoms in total. The number of carbonyl (C=O) groups excluding carboxylic acids is 2. The second kappa shape index (κ2) is 9.20. The summed E-state index contributed by atoms with van der Waals surface area (Å²) in [7, 11) is 0. The van der Waals surface area contributed by atoms with E-state index in [9.17, 15) is 14.0 Å². The van der Waals surface area contributed by atoms with Crippen LogP contribution in [0.1, 0.15) is 42.7 Å². The number of hydrogen-bond donors (Lipinski definition) is 2. The molecule has 0 fully saturated rings. The first kappa shape index (κ1) is 21.2. The fourth-order valence-electron chi connectivity index (χ4n) is 2.63. The molecule has 27 heavy (non-hydrogen) atoms.